The summed E-state index contributed by atoms with van der Waals surface area (Å²) >= 11 is 12.0. The van der Waals surface area contributed by atoms with E-state index in [0.29, 0.717) is 10.6 Å². The van der Waals surface area contributed by atoms with E-state index in [-0.39, 0.29) is 22.8 Å². The first-order valence-corrected chi connectivity index (χ1v) is 6.88. The van der Waals surface area contributed by atoms with Crippen molar-refractivity contribution < 1.29 is 9.18 Å². The second kappa shape index (κ2) is 5.94. The monoisotopic (exact) mass is 310 g/mol. The minimum Gasteiger partial charge on any atom is -0.294 e. The summed E-state index contributed by atoms with van der Waals surface area (Å²) in [6.45, 7) is 3.64. The molecule has 0 radical (unpaired) electrons. The van der Waals surface area contributed by atoms with E-state index in [4.69, 9.17) is 23.2 Å². The number of Topliss-reactive ketones (excluding diaryl/α,β-unsaturated/α-hetero) is 1. The zero-order chi connectivity index (χ0) is 14.9. The Morgan fingerprint density at radius 2 is 1.80 bits per heavy atom. The van der Waals surface area contributed by atoms with E-state index in [1.54, 1.807) is 18.2 Å². The fraction of sp³-hybridized carbons (Fsp3) is 0.188. The smallest absolute Gasteiger partial charge is 0.167 e. The molecule has 4 heteroatoms. The lowest BCUT2D eigenvalue weighted by Gasteiger charge is -2.09. The molecule has 0 amide bonds. The van der Waals surface area contributed by atoms with Gasteiger partial charge in [0, 0.05) is 27.6 Å². The molecule has 2 rings (SSSR count). The lowest BCUT2D eigenvalue weighted by molar-refractivity contribution is 0.0991. The van der Waals surface area contributed by atoms with E-state index >= 15 is 0 Å². The van der Waals surface area contributed by atoms with Crippen LogP contribution in [0.4, 0.5) is 4.39 Å². The number of hydrogen-bond acceptors (Lipinski definition) is 1. The van der Waals surface area contributed by atoms with Crippen molar-refractivity contribution in [3.05, 3.63) is 68.4 Å². The highest BCUT2D eigenvalue weighted by Crippen LogP contribution is 2.24. The van der Waals surface area contributed by atoms with Gasteiger partial charge in [-0.05, 0) is 49.2 Å². The zero-order valence-corrected chi connectivity index (χ0v) is 12.6. The largest absolute Gasteiger partial charge is 0.294 e. The maximum atomic E-state index is 13.7. The van der Waals surface area contributed by atoms with Gasteiger partial charge in [0.1, 0.15) is 5.82 Å². The molecule has 0 atom stereocenters. The lowest BCUT2D eigenvalue weighted by atomic mass is 9.97. The summed E-state index contributed by atoms with van der Waals surface area (Å²) in [7, 11) is 0. The van der Waals surface area contributed by atoms with Crippen LogP contribution in [0.15, 0.2) is 30.3 Å². The SMILES string of the molecule is Cc1cc(C(=O)Cc2c(F)cccc2Cl)c(C)cc1Cl. The van der Waals surface area contributed by atoms with E-state index in [1.807, 2.05) is 13.8 Å². The molecule has 0 bridgehead atoms. The van der Waals surface area contributed by atoms with E-state index in [0.717, 1.165) is 11.1 Å². The topological polar surface area (TPSA) is 17.1 Å². The van der Waals surface area contributed by atoms with E-state index in [1.165, 1.54) is 12.1 Å². The van der Waals surface area contributed by atoms with Gasteiger partial charge in [-0.1, -0.05) is 29.3 Å². The van der Waals surface area contributed by atoms with E-state index < -0.39 is 5.82 Å². The highest BCUT2D eigenvalue weighted by molar-refractivity contribution is 6.32. The van der Waals surface area contributed by atoms with Crippen molar-refractivity contribution in [3.63, 3.8) is 0 Å². The Morgan fingerprint density at radius 1 is 1.10 bits per heavy atom. The van der Waals surface area contributed by atoms with Crippen molar-refractivity contribution in [2.45, 2.75) is 20.3 Å². The second-order valence-electron chi connectivity index (χ2n) is 4.72. The second-order valence-corrected chi connectivity index (χ2v) is 5.53. The Hall–Kier alpha value is -1.38. The Morgan fingerprint density at radius 3 is 2.45 bits per heavy atom. The highest BCUT2D eigenvalue weighted by atomic mass is 35.5. The highest BCUT2D eigenvalue weighted by Gasteiger charge is 2.16. The van der Waals surface area contributed by atoms with Gasteiger partial charge in [0.05, 0.1) is 0 Å². The Labute approximate surface area is 127 Å². The van der Waals surface area contributed by atoms with Crippen molar-refractivity contribution in [1.82, 2.24) is 0 Å². The lowest BCUT2D eigenvalue weighted by Crippen LogP contribution is -2.08. The molecule has 0 heterocycles. The molecule has 2 aromatic rings. The molecule has 0 saturated carbocycles. The van der Waals surface area contributed by atoms with Crippen molar-refractivity contribution in [2.24, 2.45) is 0 Å². The molecule has 1 nitrogen and oxygen atoms in total. The summed E-state index contributed by atoms with van der Waals surface area (Å²) in [4.78, 5) is 12.3. The maximum absolute atomic E-state index is 13.7. The number of carbonyl (C=O) groups is 1. The van der Waals surface area contributed by atoms with Gasteiger partial charge in [-0.15, -0.1) is 0 Å². The Balaban J connectivity index is 2.36. The van der Waals surface area contributed by atoms with Crippen LogP contribution in [0.3, 0.4) is 0 Å². The van der Waals surface area contributed by atoms with Gasteiger partial charge in [-0.2, -0.15) is 0 Å². The molecule has 20 heavy (non-hydrogen) atoms. The molecular weight excluding hydrogens is 298 g/mol. The minimum absolute atomic E-state index is 0.0621. The van der Waals surface area contributed by atoms with Gasteiger partial charge in [-0.25, -0.2) is 4.39 Å². The number of benzene rings is 2. The van der Waals surface area contributed by atoms with E-state index in [2.05, 4.69) is 0 Å². The molecule has 0 aliphatic carbocycles. The van der Waals surface area contributed by atoms with Crippen LogP contribution >= 0.6 is 23.2 Å². The molecule has 0 aliphatic heterocycles. The fourth-order valence-corrected chi connectivity index (χ4v) is 2.49. The predicted molar refractivity (Wildman–Crippen MR) is 80.4 cm³/mol. The number of hydrogen-bond donors (Lipinski definition) is 0. The van der Waals surface area contributed by atoms with Crippen LogP contribution < -0.4 is 0 Å². The van der Waals surface area contributed by atoms with Gasteiger partial charge < -0.3 is 0 Å². The Bertz CT molecular complexity index is 660. The summed E-state index contributed by atoms with van der Waals surface area (Å²) in [5, 5.41) is 0.879. The molecule has 2 aromatic carbocycles. The Kier molecular flexibility index (Phi) is 4.46. The van der Waals surface area contributed by atoms with E-state index in [9.17, 15) is 9.18 Å². The van der Waals surface area contributed by atoms with Crippen LogP contribution in [0.1, 0.15) is 27.0 Å². The van der Waals surface area contributed by atoms with Crippen molar-refractivity contribution in [1.29, 1.82) is 0 Å². The standard InChI is InChI=1S/C16H13Cl2FO/c1-9-7-14(18)10(2)6-11(9)16(20)8-12-13(17)4-3-5-15(12)19/h3-7H,8H2,1-2H3. The molecule has 0 fully saturated rings. The number of aryl methyl sites for hydroxylation is 2. The van der Waals surface area contributed by atoms with Crippen LogP contribution in [0, 0.1) is 19.7 Å². The van der Waals surface area contributed by atoms with Crippen LogP contribution in [0.5, 0.6) is 0 Å². The fourth-order valence-electron chi connectivity index (χ4n) is 2.04. The minimum atomic E-state index is -0.464. The average Bonchev–Trinajstić information content (AvgIpc) is 2.38. The summed E-state index contributed by atoms with van der Waals surface area (Å²) in [5.74, 6) is -0.636. The number of carbonyl (C=O) groups excluding carboxylic acids is 1. The molecule has 0 N–H and O–H groups in total. The summed E-state index contributed by atoms with van der Waals surface area (Å²) in [5.41, 5.74) is 2.37. The third-order valence-electron chi connectivity index (χ3n) is 3.21. The van der Waals surface area contributed by atoms with Gasteiger partial charge in [0.25, 0.3) is 0 Å². The van der Waals surface area contributed by atoms with Gasteiger partial charge >= 0.3 is 0 Å². The van der Waals surface area contributed by atoms with Crippen molar-refractivity contribution in [3.8, 4) is 0 Å². The first-order valence-electron chi connectivity index (χ1n) is 6.13. The molecule has 104 valence electrons. The number of rotatable bonds is 3. The molecule has 0 spiro atoms. The third-order valence-corrected chi connectivity index (χ3v) is 3.97. The van der Waals surface area contributed by atoms with Gasteiger partial charge in [0.15, 0.2) is 5.78 Å². The van der Waals surface area contributed by atoms with Gasteiger partial charge in [0.2, 0.25) is 0 Å². The quantitative estimate of drug-likeness (QED) is 0.714. The normalized spacial score (nSPS) is 10.7. The maximum Gasteiger partial charge on any atom is 0.167 e. The summed E-state index contributed by atoms with van der Waals surface area (Å²) in [6.07, 6.45) is -0.0621. The van der Waals surface area contributed by atoms with Crippen molar-refractivity contribution in [2.75, 3.05) is 0 Å². The molecule has 0 aliphatic rings. The molecule has 0 unspecified atom stereocenters. The summed E-state index contributed by atoms with van der Waals surface area (Å²) in [6, 6.07) is 7.87. The zero-order valence-electron chi connectivity index (χ0n) is 11.1. The summed E-state index contributed by atoms with van der Waals surface area (Å²) < 4.78 is 13.7. The molecule has 0 aromatic heterocycles. The number of halogens is 3. The number of ketones is 1. The average molecular weight is 311 g/mol. The van der Waals surface area contributed by atoms with Gasteiger partial charge in [-0.3, -0.25) is 4.79 Å². The van der Waals surface area contributed by atoms with Crippen LogP contribution in [0.25, 0.3) is 0 Å². The molecule has 0 saturated heterocycles. The predicted octanol–water partition coefficient (Wildman–Crippen LogP) is 5.17. The van der Waals surface area contributed by atoms with Crippen LogP contribution in [0.2, 0.25) is 10.0 Å². The van der Waals surface area contributed by atoms with Crippen molar-refractivity contribution >= 4 is 29.0 Å². The van der Waals surface area contributed by atoms with Crippen LogP contribution in [-0.4, -0.2) is 5.78 Å². The first kappa shape index (κ1) is 15.0. The molecular formula is C16H13Cl2FO. The first-order chi connectivity index (χ1) is 9.40. The third kappa shape index (κ3) is 3.02. The van der Waals surface area contributed by atoms with Crippen LogP contribution in [-0.2, 0) is 6.42 Å².